The van der Waals surface area contributed by atoms with Crippen molar-refractivity contribution in [3.05, 3.63) is 66.3 Å². The molecule has 6 N–H and O–H groups in total. The second-order valence-electron chi connectivity index (χ2n) is 10.5. The van der Waals surface area contributed by atoms with E-state index in [1.54, 1.807) is 66.6 Å². The Hall–Kier alpha value is -5.55. The van der Waals surface area contributed by atoms with Gasteiger partial charge < -0.3 is 17.2 Å². The van der Waals surface area contributed by atoms with Crippen LogP contribution in [0.15, 0.2) is 33.0 Å². The largest absolute Gasteiger partial charge is 0.366 e. The number of nitrogen functional groups attached to an aromatic ring is 3. The van der Waals surface area contributed by atoms with Crippen LogP contribution >= 0.6 is 0 Å². The number of aromatic nitrogens is 12. The molecular formula is C27H39N15O3. The third-order valence-electron chi connectivity index (χ3n) is 6.65. The van der Waals surface area contributed by atoms with E-state index in [4.69, 9.17) is 17.2 Å². The van der Waals surface area contributed by atoms with Crippen LogP contribution in [0.5, 0.6) is 0 Å². The quantitative estimate of drug-likeness (QED) is 0.232. The van der Waals surface area contributed by atoms with E-state index in [0.29, 0.717) is 53.7 Å². The lowest BCUT2D eigenvalue weighted by Gasteiger charge is -2.05. The molecule has 0 unspecified atom stereocenters. The van der Waals surface area contributed by atoms with Crippen molar-refractivity contribution in [3.63, 3.8) is 0 Å². The molecule has 0 fully saturated rings. The number of rotatable bonds is 6. The lowest BCUT2D eigenvalue weighted by atomic mass is 10.3. The van der Waals surface area contributed by atoms with Crippen LogP contribution in [0.4, 0.5) is 17.8 Å². The minimum Gasteiger partial charge on any atom is -0.366 e. The molecule has 0 amide bonds. The summed E-state index contributed by atoms with van der Waals surface area (Å²) in [6.45, 7) is 13.2. The third-order valence-corrected chi connectivity index (χ3v) is 6.65. The number of aryl methyl sites for hydroxylation is 6. The fraction of sp³-hybridized carbons (Fsp3) is 0.444. The summed E-state index contributed by atoms with van der Waals surface area (Å²) in [5.74, 6) is 2.07. The molecule has 0 aromatic carbocycles. The van der Waals surface area contributed by atoms with E-state index in [1.807, 2.05) is 20.8 Å². The highest BCUT2D eigenvalue weighted by Gasteiger charge is 2.11. The van der Waals surface area contributed by atoms with Crippen LogP contribution in [-0.2, 0) is 19.6 Å². The van der Waals surface area contributed by atoms with E-state index >= 15 is 0 Å². The Labute approximate surface area is 256 Å². The summed E-state index contributed by atoms with van der Waals surface area (Å²) < 4.78 is 9.42. The van der Waals surface area contributed by atoms with E-state index in [0.717, 1.165) is 19.3 Å². The maximum absolute atomic E-state index is 11.8. The first kappa shape index (κ1) is 32.4. The monoisotopic (exact) mass is 621 g/mol. The Morgan fingerprint density at radius 2 is 0.756 bits per heavy atom. The number of hydrogen-bond donors (Lipinski definition) is 3. The zero-order valence-electron chi connectivity index (χ0n) is 26.3. The van der Waals surface area contributed by atoms with E-state index in [1.165, 1.54) is 0 Å². The van der Waals surface area contributed by atoms with Crippen molar-refractivity contribution in [1.82, 2.24) is 57.5 Å². The van der Waals surface area contributed by atoms with Crippen LogP contribution in [0.3, 0.4) is 0 Å². The van der Waals surface area contributed by atoms with Crippen molar-refractivity contribution >= 4 is 35.2 Å². The van der Waals surface area contributed by atoms with Gasteiger partial charge in [-0.15, -0.1) is 15.3 Å². The van der Waals surface area contributed by atoms with Gasteiger partial charge in [-0.1, -0.05) is 20.8 Å². The Morgan fingerprint density at radius 1 is 0.511 bits per heavy atom. The predicted octanol–water partition coefficient (Wildman–Crippen LogP) is 0.575. The Bertz CT molecular complexity index is 1900. The van der Waals surface area contributed by atoms with Crippen LogP contribution in [0, 0.1) is 20.8 Å². The Kier molecular flexibility index (Phi) is 9.63. The van der Waals surface area contributed by atoms with Gasteiger partial charge in [-0.2, -0.15) is 15.0 Å². The molecular weight excluding hydrogens is 582 g/mol. The highest BCUT2D eigenvalue weighted by atomic mass is 16.1. The zero-order chi connectivity index (χ0) is 33.0. The van der Waals surface area contributed by atoms with Gasteiger partial charge in [0, 0.05) is 54.9 Å². The van der Waals surface area contributed by atoms with Gasteiger partial charge in [0.05, 0.1) is 0 Å². The van der Waals surface area contributed by atoms with Crippen molar-refractivity contribution in [2.75, 3.05) is 17.2 Å². The maximum atomic E-state index is 11.8. The first-order valence-corrected chi connectivity index (χ1v) is 14.6. The predicted molar refractivity (Wildman–Crippen MR) is 170 cm³/mol. The van der Waals surface area contributed by atoms with Crippen LogP contribution in [-0.4, -0.2) is 57.5 Å². The summed E-state index contributed by atoms with van der Waals surface area (Å²) in [4.78, 5) is 47.5. The molecule has 6 rings (SSSR count). The van der Waals surface area contributed by atoms with Gasteiger partial charge in [-0.3, -0.25) is 28.1 Å². The average molecular weight is 622 g/mol. The van der Waals surface area contributed by atoms with Crippen molar-refractivity contribution in [3.8, 4) is 0 Å². The molecule has 0 saturated heterocycles. The molecule has 6 aromatic heterocycles. The van der Waals surface area contributed by atoms with E-state index < -0.39 is 0 Å². The lowest BCUT2D eigenvalue weighted by Crippen LogP contribution is -2.24. The van der Waals surface area contributed by atoms with Gasteiger partial charge in [0.15, 0.2) is 0 Å². The second-order valence-corrected chi connectivity index (χ2v) is 10.5. The standard InChI is InChI=1S/3C9H13N5O/c3*1-3-4-13-7(15)6(2)5-14-9(13)11-8(10)12-14/h3*5H,3-4H2,1-2H3,(H2,10,12). The van der Waals surface area contributed by atoms with Gasteiger partial charge in [-0.05, 0) is 40.0 Å². The Balaban J connectivity index is 0.000000154. The summed E-state index contributed by atoms with van der Waals surface area (Å²) in [5.41, 5.74) is 18.3. The van der Waals surface area contributed by atoms with E-state index in [9.17, 15) is 14.4 Å². The summed E-state index contributed by atoms with van der Waals surface area (Å²) in [7, 11) is 0. The van der Waals surface area contributed by atoms with Gasteiger partial charge in [0.2, 0.25) is 35.2 Å². The highest BCUT2D eigenvalue weighted by Crippen LogP contribution is 2.05. The van der Waals surface area contributed by atoms with Crippen LogP contribution in [0.2, 0.25) is 0 Å². The molecule has 0 spiro atoms. The van der Waals surface area contributed by atoms with Gasteiger partial charge in [0.1, 0.15) is 0 Å². The number of nitrogens with two attached hydrogens (primary N) is 3. The van der Waals surface area contributed by atoms with E-state index in [-0.39, 0.29) is 34.5 Å². The highest BCUT2D eigenvalue weighted by molar-refractivity contribution is 5.37. The van der Waals surface area contributed by atoms with Crippen LogP contribution in [0.1, 0.15) is 56.7 Å². The zero-order valence-corrected chi connectivity index (χ0v) is 26.3. The molecule has 0 aliphatic rings. The second kappa shape index (κ2) is 13.4. The first-order valence-electron chi connectivity index (χ1n) is 14.6. The minimum atomic E-state index is -0.0308. The van der Waals surface area contributed by atoms with Gasteiger partial charge >= 0.3 is 0 Å². The average Bonchev–Trinajstić information content (AvgIpc) is 3.67. The lowest BCUT2D eigenvalue weighted by molar-refractivity contribution is 0.646. The molecule has 18 heteroatoms. The molecule has 0 saturated carbocycles. The topological polar surface area (TPSA) is 235 Å². The first-order chi connectivity index (χ1) is 21.4. The number of hydrogen-bond acceptors (Lipinski definition) is 12. The number of anilines is 3. The van der Waals surface area contributed by atoms with Crippen LogP contribution < -0.4 is 33.9 Å². The molecule has 0 radical (unpaired) electrons. The van der Waals surface area contributed by atoms with Crippen molar-refractivity contribution in [2.45, 2.75) is 80.4 Å². The fourth-order valence-electron chi connectivity index (χ4n) is 4.71. The number of nitrogens with zero attached hydrogens (tertiary/aromatic N) is 12. The minimum absolute atomic E-state index is 0.0308. The molecule has 0 aliphatic carbocycles. The summed E-state index contributed by atoms with van der Waals surface area (Å²) in [6, 6.07) is 0. The summed E-state index contributed by atoms with van der Waals surface area (Å²) in [6.07, 6.45) is 7.54. The van der Waals surface area contributed by atoms with Crippen molar-refractivity contribution in [1.29, 1.82) is 0 Å². The fourth-order valence-corrected chi connectivity index (χ4v) is 4.71. The Morgan fingerprint density at radius 3 is 0.978 bits per heavy atom. The normalized spacial score (nSPS) is 11.1. The van der Waals surface area contributed by atoms with E-state index in [2.05, 4.69) is 30.2 Å². The molecule has 0 atom stereocenters. The third kappa shape index (κ3) is 6.68. The van der Waals surface area contributed by atoms with Crippen molar-refractivity contribution in [2.24, 2.45) is 0 Å². The summed E-state index contributed by atoms with van der Waals surface area (Å²) >= 11 is 0. The molecule has 45 heavy (non-hydrogen) atoms. The maximum Gasteiger partial charge on any atom is 0.257 e. The van der Waals surface area contributed by atoms with Gasteiger partial charge in [-0.25, -0.2) is 13.5 Å². The summed E-state index contributed by atoms with van der Waals surface area (Å²) in [5, 5.41) is 11.9. The number of fused-ring (bicyclic) bond motifs is 3. The molecule has 240 valence electrons. The smallest absolute Gasteiger partial charge is 0.257 e. The molecule has 0 aliphatic heterocycles. The SMILES string of the molecule is CCCn1c(=O)c(C)cn2nc(N)nc12.CCCn1c(=O)c(C)cn2nc(N)nc12.CCCn1c(=O)c(C)cn2nc(N)nc12. The molecule has 6 aromatic rings. The molecule has 6 heterocycles. The van der Waals surface area contributed by atoms with Gasteiger partial charge in [0.25, 0.3) is 16.7 Å². The molecule has 0 bridgehead atoms. The molecule has 18 nitrogen and oxygen atoms in total. The van der Waals surface area contributed by atoms with Crippen molar-refractivity contribution < 1.29 is 0 Å². The van der Waals surface area contributed by atoms with Crippen LogP contribution in [0.25, 0.3) is 17.3 Å².